The van der Waals surface area contributed by atoms with Crippen LogP contribution in [0.1, 0.15) is 49.7 Å². The van der Waals surface area contributed by atoms with Crippen molar-refractivity contribution >= 4 is 0 Å². The molecule has 0 radical (unpaired) electrons. The Morgan fingerprint density at radius 3 is 2.65 bits per heavy atom. The maximum Gasteiger partial charge on any atom is 0.0469 e. The largest absolute Gasteiger partial charge is 0.381 e. The van der Waals surface area contributed by atoms with Crippen LogP contribution < -0.4 is 5.32 Å². The molecule has 1 fully saturated rings. The predicted molar refractivity (Wildman–Crippen MR) is 85.2 cm³/mol. The smallest absolute Gasteiger partial charge is 0.0469 e. The maximum absolute atomic E-state index is 5.74. The molecule has 1 aromatic rings. The van der Waals surface area contributed by atoms with Crippen LogP contribution in [0.3, 0.4) is 0 Å². The van der Waals surface area contributed by atoms with Crippen LogP contribution in [0.2, 0.25) is 0 Å². The molecule has 20 heavy (non-hydrogen) atoms. The summed E-state index contributed by atoms with van der Waals surface area (Å²) in [5.41, 5.74) is 2.76. The topological polar surface area (TPSA) is 21.3 Å². The molecule has 1 unspecified atom stereocenters. The quantitative estimate of drug-likeness (QED) is 0.727. The Kier molecular flexibility index (Phi) is 7.10. The Hall–Kier alpha value is -0.860. The van der Waals surface area contributed by atoms with Crippen molar-refractivity contribution in [1.29, 1.82) is 0 Å². The van der Waals surface area contributed by atoms with Crippen LogP contribution in [0, 0.1) is 6.92 Å². The highest BCUT2D eigenvalue weighted by Gasteiger charge is 2.11. The van der Waals surface area contributed by atoms with E-state index in [1.165, 1.54) is 49.8 Å². The second kappa shape index (κ2) is 9.15. The number of rotatable bonds is 8. The molecule has 1 saturated heterocycles. The molecule has 1 N–H and O–H groups in total. The summed E-state index contributed by atoms with van der Waals surface area (Å²) in [6, 6.07) is 9.58. The SMILES string of the molecule is Cc1ccc(CCCOCCCC2CCCCN2)cc1. The van der Waals surface area contributed by atoms with Gasteiger partial charge in [0.15, 0.2) is 0 Å². The molecule has 0 bridgehead atoms. The first kappa shape index (κ1) is 15.5. The molecule has 1 atom stereocenters. The second-order valence-electron chi connectivity index (χ2n) is 5.99. The first-order valence-electron chi connectivity index (χ1n) is 8.21. The highest BCUT2D eigenvalue weighted by molar-refractivity contribution is 5.21. The normalized spacial score (nSPS) is 19.1. The van der Waals surface area contributed by atoms with Gasteiger partial charge in [0.25, 0.3) is 0 Å². The van der Waals surface area contributed by atoms with Gasteiger partial charge in [-0.1, -0.05) is 36.2 Å². The van der Waals surface area contributed by atoms with E-state index in [-0.39, 0.29) is 0 Å². The number of hydrogen-bond donors (Lipinski definition) is 1. The summed E-state index contributed by atoms with van der Waals surface area (Å²) in [4.78, 5) is 0. The molecule has 0 amide bonds. The van der Waals surface area contributed by atoms with E-state index in [2.05, 4.69) is 36.5 Å². The monoisotopic (exact) mass is 275 g/mol. The van der Waals surface area contributed by atoms with Crippen LogP contribution in [0.5, 0.6) is 0 Å². The van der Waals surface area contributed by atoms with Crippen molar-refractivity contribution in [2.24, 2.45) is 0 Å². The fourth-order valence-corrected chi connectivity index (χ4v) is 2.84. The number of nitrogens with one attached hydrogen (secondary N) is 1. The summed E-state index contributed by atoms with van der Waals surface area (Å²) < 4.78 is 5.74. The van der Waals surface area contributed by atoms with Gasteiger partial charge in [0.2, 0.25) is 0 Å². The first-order chi connectivity index (χ1) is 9.84. The summed E-state index contributed by atoms with van der Waals surface area (Å²) in [6.07, 6.45) is 8.84. The Bertz CT molecular complexity index is 354. The van der Waals surface area contributed by atoms with Gasteiger partial charge in [-0.3, -0.25) is 0 Å². The molecule has 2 nitrogen and oxygen atoms in total. The van der Waals surface area contributed by atoms with Crippen LogP contribution in [-0.4, -0.2) is 25.8 Å². The number of benzene rings is 1. The van der Waals surface area contributed by atoms with Crippen molar-refractivity contribution in [3.63, 3.8) is 0 Å². The van der Waals surface area contributed by atoms with Gasteiger partial charge in [0.1, 0.15) is 0 Å². The average molecular weight is 275 g/mol. The fourth-order valence-electron chi connectivity index (χ4n) is 2.84. The lowest BCUT2D eigenvalue weighted by atomic mass is 10.0. The lowest BCUT2D eigenvalue weighted by Crippen LogP contribution is -2.33. The molecule has 1 aliphatic heterocycles. The Morgan fingerprint density at radius 2 is 1.90 bits per heavy atom. The zero-order valence-electron chi connectivity index (χ0n) is 12.9. The van der Waals surface area contributed by atoms with Gasteiger partial charge >= 0.3 is 0 Å². The van der Waals surface area contributed by atoms with Crippen molar-refractivity contribution in [3.05, 3.63) is 35.4 Å². The van der Waals surface area contributed by atoms with Crippen molar-refractivity contribution in [1.82, 2.24) is 5.32 Å². The summed E-state index contributed by atoms with van der Waals surface area (Å²) in [5.74, 6) is 0. The Morgan fingerprint density at radius 1 is 1.10 bits per heavy atom. The molecular weight excluding hydrogens is 246 g/mol. The zero-order chi connectivity index (χ0) is 14.0. The molecule has 1 aliphatic rings. The number of ether oxygens (including phenoxy) is 1. The van der Waals surface area contributed by atoms with E-state index in [0.29, 0.717) is 0 Å². The molecule has 2 heteroatoms. The maximum atomic E-state index is 5.74. The third kappa shape index (κ3) is 6.06. The molecular formula is C18H29NO. The van der Waals surface area contributed by atoms with E-state index in [4.69, 9.17) is 4.74 Å². The van der Waals surface area contributed by atoms with Gasteiger partial charge in [-0.05, 0) is 57.6 Å². The number of piperidine rings is 1. The van der Waals surface area contributed by atoms with E-state index in [1.54, 1.807) is 0 Å². The van der Waals surface area contributed by atoms with Crippen molar-refractivity contribution in [3.8, 4) is 0 Å². The highest BCUT2D eigenvalue weighted by atomic mass is 16.5. The van der Waals surface area contributed by atoms with E-state index in [9.17, 15) is 0 Å². The van der Waals surface area contributed by atoms with Gasteiger partial charge in [-0.15, -0.1) is 0 Å². The minimum Gasteiger partial charge on any atom is -0.381 e. The molecule has 2 rings (SSSR count). The van der Waals surface area contributed by atoms with Crippen LogP contribution in [-0.2, 0) is 11.2 Å². The molecule has 0 aliphatic carbocycles. The van der Waals surface area contributed by atoms with Gasteiger partial charge in [-0.25, -0.2) is 0 Å². The van der Waals surface area contributed by atoms with Gasteiger partial charge < -0.3 is 10.1 Å². The third-order valence-corrected chi connectivity index (χ3v) is 4.13. The number of aryl methyl sites for hydroxylation is 2. The van der Waals surface area contributed by atoms with Gasteiger partial charge in [0.05, 0.1) is 0 Å². The fraction of sp³-hybridized carbons (Fsp3) is 0.667. The molecule has 0 aromatic heterocycles. The predicted octanol–water partition coefficient (Wildman–Crippen LogP) is 3.87. The summed E-state index contributed by atoms with van der Waals surface area (Å²) in [6.45, 7) is 5.16. The van der Waals surface area contributed by atoms with Crippen molar-refractivity contribution in [2.45, 2.75) is 57.9 Å². The molecule has 0 saturated carbocycles. The van der Waals surface area contributed by atoms with Crippen LogP contribution in [0.15, 0.2) is 24.3 Å². The van der Waals surface area contributed by atoms with Gasteiger partial charge in [-0.2, -0.15) is 0 Å². The lowest BCUT2D eigenvalue weighted by molar-refractivity contribution is 0.125. The van der Waals surface area contributed by atoms with Crippen molar-refractivity contribution < 1.29 is 4.74 Å². The third-order valence-electron chi connectivity index (χ3n) is 4.13. The molecule has 112 valence electrons. The summed E-state index contributed by atoms with van der Waals surface area (Å²) in [5, 5.41) is 3.59. The lowest BCUT2D eigenvalue weighted by Gasteiger charge is -2.23. The number of hydrogen-bond acceptors (Lipinski definition) is 2. The molecule has 1 aromatic carbocycles. The molecule has 0 spiro atoms. The first-order valence-corrected chi connectivity index (χ1v) is 8.21. The van der Waals surface area contributed by atoms with E-state index >= 15 is 0 Å². The second-order valence-corrected chi connectivity index (χ2v) is 5.99. The minimum absolute atomic E-state index is 0.750. The van der Waals surface area contributed by atoms with Crippen LogP contribution >= 0.6 is 0 Å². The highest BCUT2D eigenvalue weighted by Crippen LogP contribution is 2.11. The Balaban J connectivity index is 1.44. The average Bonchev–Trinajstić information content (AvgIpc) is 2.49. The standard InChI is InChI=1S/C18H29NO/c1-16-9-11-17(12-10-16)6-4-14-20-15-5-8-18-7-2-3-13-19-18/h9-12,18-19H,2-8,13-15H2,1H3. The van der Waals surface area contributed by atoms with E-state index in [0.717, 1.165) is 32.1 Å². The minimum atomic E-state index is 0.750. The van der Waals surface area contributed by atoms with E-state index < -0.39 is 0 Å². The van der Waals surface area contributed by atoms with Crippen LogP contribution in [0.4, 0.5) is 0 Å². The van der Waals surface area contributed by atoms with Gasteiger partial charge in [0, 0.05) is 19.3 Å². The summed E-state index contributed by atoms with van der Waals surface area (Å²) in [7, 11) is 0. The zero-order valence-corrected chi connectivity index (χ0v) is 12.9. The van der Waals surface area contributed by atoms with Crippen LogP contribution in [0.25, 0.3) is 0 Å². The summed E-state index contributed by atoms with van der Waals surface area (Å²) >= 11 is 0. The molecule has 1 heterocycles. The Labute approximate surface area is 123 Å². The van der Waals surface area contributed by atoms with E-state index in [1.807, 2.05) is 0 Å². The van der Waals surface area contributed by atoms with Crippen molar-refractivity contribution in [2.75, 3.05) is 19.8 Å².